The van der Waals surface area contributed by atoms with Gasteiger partial charge in [0.25, 0.3) is 5.91 Å². The number of hydrogen-bond acceptors (Lipinski definition) is 7. The van der Waals surface area contributed by atoms with Crippen LogP contribution in [0.4, 0.5) is 23.2 Å². The van der Waals surface area contributed by atoms with E-state index in [1.165, 1.54) is 34.0 Å². The number of fused-ring (bicyclic) bond motifs is 3. The lowest BCUT2D eigenvalue weighted by Gasteiger charge is -2.51. The molecule has 46 heavy (non-hydrogen) atoms. The quantitative estimate of drug-likeness (QED) is 0.305. The van der Waals surface area contributed by atoms with Crippen LogP contribution in [-0.4, -0.2) is 54.1 Å². The number of halogens is 4. The van der Waals surface area contributed by atoms with Crippen LogP contribution < -0.4 is 24.8 Å². The number of hydrogen-bond donors (Lipinski definition) is 0. The molecule has 1 amide bonds. The number of rotatable bonds is 4. The molecular weight excluding hydrogens is 608 g/mol. The van der Waals surface area contributed by atoms with Crippen molar-refractivity contribution in [3.63, 3.8) is 0 Å². The molecule has 2 atom stereocenters. The number of para-hydroxylation sites is 1. The van der Waals surface area contributed by atoms with Crippen molar-refractivity contribution in [3.05, 3.63) is 123 Å². The second-order valence-corrected chi connectivity index (χ2v) is 11.5. The monoisotopic (exact) mass is 634 g/mol. The summed E-state index contributed by atoms with van der Waals surface area (Å²) in [6.45, 7) is -0.801. The maximum absolute atomic E-state index is 15.7. The van der Waals surface area contributed by atoms with E-state index in [0.717, 1.165) is 11.6 Å². The van der Waals surface area contributed by atoms with E-state index in [2.05, 4.69) is 0 Å². The molecule has 1 fully saturated rings. The van der Waals surface area contributed by atoms with Crippen molar-refractivity contribution in [2.45, 2.75) is 31.5 Å². The highest BCUT2D eigenvalue weighted by atomic mass is 19.3. The van der Waals surface area contributed by atoms with Crippen LogP contribution >= 0.6 is 0 Å². The number of aromatic nitrogens is 1. The molecule has 9 nitrogen and oxygen atoms in total. The largest absolute Gasteiger partial charge is 0.482 e. The Morgan fingerprint density at radius 3 is 2.61 bits per heavy atom. The Bertz CT molecular complexity index is 1940. The number of nitrogens with zero attached hydrogens (tertiary/aromatic N) is 4. The number of anilines is 1. The summed E-state index contributed by atoms with van der Waals surface area (Å²) in [5.41, 5.74) is 1.12. The summed E-state index contributed by atoms with van der Waals surface area (Å²) in [4.78, 5) is 30.3. The zero-order valence-electron chi connectivity index (χ0n) is 24.2. The van der Waals surface area contributed by atoms with Gasteiger partial charge in [-0.1, -0.05) is 48.5 Å². The van der Waals surface area contributed by atoms with Crippen molar-refractivity contribution in [3.8, 4) is 11.5 Å². The van der Waals surface area contributed by atoms with E-state index in [0.29, 0.717) is 11.1 Å². The first-order chi connectivity index (χ1) is 22.2. The molecule has 8 rings (SSSR count). The fourth-order valence-electron chi connectivity index (χ4n) is 6.87. The molecule has 1 saturated heterocycles. The van der Waals surface area contributed by atoms with Gasteiger partial charge in [0.15, 0.2) is 23.1 Å². The van der Waals surface area contributed by atoms with Gasteiger partial charge in [0.05, 0.1) is 18.9 Å². The molecule has 0 spiro atoms. The number of benzene rings is 3. The zero-order valence-corrected chi connectivity index (χ0v) is 24.2. The fraction of sp³-hybridized carbons (Fsp3) is 0.273. The highest BCUT2D eigenvalue weighted by Gasteiger charge is 2.49. The minimum atomic E-state index is -3.59. The summed E-state index contributed by atoms with van der Waals surface area (Å²) in [5, 5.41) is 1.74. The van der Waals surface area contributed by atoms with Crippen molar-refractivity contribution in [1.82, 2.24) is 9.58 Å². The Morgan fingerprint density at radius 1 is 0.957 bits per heavy atom. The van der Waals surface area contributed by atoms with Gasteiger partial charge in [-0.25, -0.2) is 8.78 Å². The summed E-state index contributed by atoms with van der Waals surface area (Å²) >= 11 is 0. The van der Waals surface area contributed by atoms with Crippen molar-refractivity contribution in [2.24, 2.45) is 0 Å². The van der Waals surface area contributed by atoms with Crippen LogP contribution in [0.3, 0.4) is 0 Å². The molecule has 4 aliphatic rings. The molecule has 0 aliphatic carbocycles. The van der Waals surface area contributed by atoms with Crippen LogP contribution in [0, 0.1) is 11.6 Å². The third-order valence-corrected chi connectivity index (χ3v) is 8.80. The molecule has 1 unspecified atom stereocenters. The third-order valence-electron chi connectivity index (χ3n) is 8.80. The lowest BCUT2D eigenvalue weighted by Crippen LogP contribution is -2.66. The summed E-state index contributed by atoms with van der Waals surface area (Å²) in [7, 11) is 0. The molecule has 0 N–H and O–H groups in total. The minimum Gasteiger partial charge on any atom is -0.482 e. The predicted octanol–water partition coefficient (Wildman–Crippen LogP) is 4.55. The van der Waals surface area contributed by atoms with Gasteiger partial charge in [-0.2, -0.15) is 8.78 Å². The van der Waals surface area contributed by atoms with Crippen LogP contribution in [0.25, 0.3) is 0 Å². The zero-order chi connectivity index (χ0) is 31.7. The Balaban J connectivity index is 1.37. The van der Waals surface area contributed by atoms with E-state index in [9.17, 15) is 22.8 Å². The normalized spacial score (nSPS) is 21.0. The average molecular weight is 635 g/mol. The first-order valence-electron chi connectivity index (χ1n) is 14.7. The Kier molecular flexibility index (Phi) is 6.50. The van der Waals surface area contributed by atoms with Crippen LogP contribution in [0.2, 0.25) is 0 Å². The van der Waals surface area contributed by atoms with E-state index >= 15 is 4.39 Å². The predicted molar refractivity (Wildman–Crippen MR) is 157 cm³/mol. The van der Waals surface area contributed by atoms with Gasteiger partial charge in [0.1, 0.15) is 31.1 Å². The summed E-state index contributed by atoms with van der Waals surface area (Å²) in [6, 6.07) is 16.5. The molecule has 5 heterocycles. The Labute approximate surface area is 259 Å². The number of ether oxygens (including phenoxy) is 3. The average Bonchev–Trinajstić information content (AvgIpc) is 3.18. The minimum absolute atomic E-state index is 0.0103. The van der Waals surface area contributed by atoms with Crippen molar-refractivity contribution >= 4 is 11.6 Å². The maximum atomic E-state index is 15.7. The Hall–Kier alpha value is -5.04. The lowest BCUT2D eigenvalue weighted by atomic mass is 9.92. The lowest BCUT2D eigenvalue weighted by molar-refractivity contribution is -0.172. The molecule has 1 aromatic heterocycles. The van der Waals surface area contributed by atoms with Gasteiger partial charge in [0, 0.05) is 36.5 Å². The van der Waals surface area contributed by atoms with Gasteiger partial charge in [-0.15, -0.1) is 0 Å². The SMILES string of the molecule is O=C1c2c(OCc3ccccc3)c(=O)ccn2N(C2c3ccc(F)c(F)c3CN3CC(F)(F)Oc4cccc2c43)[C@@H]2COCCN12. The smallest absolute Gasteiger partial charge is 0.415 e. The molecule has 3 aromatic carbocycles. The second-order valence-electron chi connectivity index (χ2n) is 11.5. The van der Waals surface area contributed by atoms with E-state index in [4.69, 9.17) is 14.2 Å². The summed E-state index contributed by atoms with van der Waals surface area (Å²) in [6.07, 6.45) is -2.94. The van der Waals surface area contributed by atoms with Crippen LogP contribution in [0.15, 0.2) is 77.7 Å². The number of morpholine rings is 1. The first kappa shape index (κ1) is 28.4. The molecule has 4 aliphatic heterocycles. The fourth-order valence-corrected chi connectivity index (χ4v) is 6.87. The van der Waals surface area contributed by atoms with Crippen LogP contribution in [-0.2, 0) is 17.9 Å². The number of amides is 1. The molecule has 4 aromatic rings. The maximum Gasteiger partial charge on any atom is 0.415 e. The van der Waals surface area contributed by atoms with E-state index in [-0.39, 0.29) is 61.4 Å². The summed E-state index contributed by atoms with van der Waals surface area (Å²) in [5.74, 6) is -3.05. The highest BCUT2D eigenvalue weighted by Crippen LogP contribution is 2.50. The van der Waals surface area contributed by atoms with Gasteiger partial charge >= 0.3 is 6.11 Å². The van der Waals surface area contributed by atoms with Gasteiger partial charge in [-0.05, 0) is 23.3 Å². The van der Waals surface area contributed by atoms with Gasteiger partial charge in [0.2, 0.25) is 5.43 Å². The van der Waals surface area contributed by atoms with Crippen LogP contribution in [0.1, 0.15) is 38.8 Å². The molecule has 236 valence electrons. The van der Waals surface area contributed by atoms with Gasteiger partial charge in [-0.3, -0.25) is 19.3 Å². The van der Waals surface area contributed by atoms with E-state index < -0.39 is 47.8 Å². The van der Waals surface area contributed by atoms with Gasteiger partial charge < -0.3 is 24.0 Å². The topological polar surface area (TPSA) is 76.5 Å². The van der Waals surface area contributed by atoms with E-state index in [1.54, 1.807) is 22.0 Å². The molecular formula is C33H26F4N4O5. The number of carbonyl (C=O) groups is 1. The highest BCUT2D eigenvalue weighted by molar-refractivity contribution is 5.96. The number of carbonyl (C=O) groups excluding carboxylic acids is 1. The molecule has 0 radical (unpaired) electrons. The third kappa shape index (κ3) is 4.40. The second kappa shape index (κ2) is 10.5. The molecule has 0 saturated carbocycles. The number of alkyl halides is 2. The molecule has 13 heteroatoms. The first-order valence-corrected chi connectivity index (χ1v) is 14.7. The van der Waals surface area contributed by atoms with Crippen molar-refractivity contribution in [2.75, 3.05) is 36.2 Å². The Morgan fingerprint density at radius 2 is 1.78 bits per heavy atom. The van der Waals surface area contributed by atoms with Crippen LogP contribution in [0.5, 0.6) is 11.5 Å². The van der Waals surface area contributed by atoms with E-state index in [1.807, 2.05) is 30.3 Å². The molecule has 0 bridgehead atoms. The number of pyridine rings is 1. The van der Waals surface area contributed by atoms with Crippen molar-refractivity contribution < 1.29 is 36.6 Å². The summed E-state index contributed by atoms with van der Waals surface area (Å²) < 4.78 is 78.6. The standard InChI is InChI=1S/C33H26F4N4O5/c34-23-10-9-20-22(27(23)35)15-38-18-33(36,37)46-25-8-4-7-21(29(25)38)28(20)41-26-17-44-14-13-39(26)32(43)30-31(24(42)11-12-40(30)41)45-16-19-5-2-1-3-6-19/h1-12,26,28H,13-18H2/t26-,28?/m1/s1. The van der Waals surface area contributed by atoms with Crippen molar-refractivity contribution in [1.29, 1.82) is 0 Å².